The minimum absolute atomic E-state index is 0.0272. The number of nitrogens with zero attached hydrogens (tertiary/aromatic N) is 3. The smallest absolute Gasteiger partial charge is 0.288 e. The average Bonchev–Trinajstić information content (AvgIpc) is 2.55. The van der Waals surface area contributed by atoms with Gasteiger partial charge in [-0.05, 0) is 12.8 Å². The predicted octanol–water partition coefficient (Wildman–Crippen LogP) is -0.723. The minimum atomic E-state index is -0.617. The van der Waals surface area contributed by atoms with Crippen LogP contribution in [0.4, 0.5) is 0 Å². The van der Waals surface area contributed by atoms with Crippen LogP contribution < -0.4 is 16.6 Å². The third kappa shape index (κ3) is 2.13. The summed E-state index contributed by atoms with van der Waals surface area (Å²) >= 11 is 0. The van der Waals surface area contributed by atoms with Crippen molar-refractivity contribution in [3.8, 4) is 0 Å². The molecule has 0 saturated carbocycles. The van der Waals surface area contributed by atoms with Crippen LogP contribution >= 0.6 is 0 Å². The molecule has 0 saturated heterocycles. The number of amides is 1. The van der Waals surface area contributed by atoms with Gasteiger partial charge < -0.3 is 11.2 Å². The summed E-state index contributed by atoms with van der Waals surface area (Å²) in [7, 11) is 0. The number of rotatable bonds is 2. The van der Waals surface area contributed by atoms with Gasteiger partial charge in [-0.2, -0.15) is 0 Å². The summed E-state index contributed by atoms with van der Waals surface area (Å²) < 4.78 is 1.58. The van der Waals surface area contributed by atoms with Gasteiger partial charge >= 0.3 is 0 Å². The van der Waals surface area contributed by atoms with E-state index in [1.807, 2.05) is 12.3 Å². The monoisotopic (exact) mass is 208 g/mol. The molecule has 2 rings (SSSR count). The summed E-state index contributed by atoms with van der Waals surface area (Å²) in [5.74, 6) is -0.581. The molecule has 1 aromatic rings. The Bertz CT molecular complexity index is 374. The molecule has 0 aliphatic carbocycles. The lowest BCUT2D eigenvalue weighted by molar-refractivity contribution is 0.0989. The van der Waals surface area contributed by atoms with E-state index in [-0.39, 0.29) is 12.0 Å². The molecular formula is C8H12N6O. The Kier molecular flexibility index (Phi) is 2.64. The molecule has 15 heavy (non-hydrogen) atoms. The van der Waals surface area contributed by atoms with Gasteiger partial charge in [0.25, 0.3) is 5.91 Å². The summed E-state index contributed by atoms with van der Waals surface area (Å²) in [5, 5.41) is 3.98. The molecule has 80 valence electrons. The van der Waals surface area contributed by atoms with Crippen LogP contribution in [0, 0.1) is 0 Å². The number of carbonyl (C=O) groups is 1. The second-order valence-electron chi connectivity index (χ2n) is 3.20. The highest BCUT2D eigenvalue weighted by Gasteiger charge is 2.14. The van der Waals surface area contributed by atoms with Gasteiger partial charge in [-0.25, -0.2) is 15.1 Å². The highest BCUT2D eigenvalue weighted by molar-refractivity contribution is 5.88. The SMILES string of the molecule is NC(=O)c1ncn(C2CCC=CNN2)n1. The van der Waals surface area contributed by atoms with E-state index in [2.05, 4.69) is 20.9 Å². The maximum absolute atomic E-state index is 10.8. The molecular weight excluding hydrogens is 196 g/mol. The first-order valence-corrected chi connectivity index (χ1v) is 4.64. The molecule has 0 bridgehead atoms. The molecule has 7 nitrogen and oxygen atoms in total. The van der Waals surface area contributed by atoms with Crippen LogP contribution in [0.25, 0.3) is 0 Å². The minimum Gasteiger partial charge on any atom is -0.363 e. The quantitative estimate of drug-likeness (QED) is 0.595. The van der Waals surface area contributed by atoms with Crippen molar-refractivity contribution in [2.45, 2.75) is 19.0 Å². The van der Waals surface area contributed by atoms with Crippen LogP contribution in [-0.4, -0.2) is 20.7 Å². The van der Waals surface area contributed by atoms with Crippen LogP contribution in [-0.2, 0) is 0 Å². The van der Waals surface area contributed by atoms with Gasteiger partial charge in [0.15, 0.2) is 0 Å². The molecule has 0 spiro atoms. The number of allylic oxidation sites excluding steroid dienone is 1. The molecule has 7 heteroatoms. The molecule has 1 amide bonds. The lowest BCUT2D eigenvalue weighted by Crippen LogP contribution is -2.34. The van der Waals surface area contributed by atoms with Gasteiger partial charge in [0.05, 0.1) is 0 Å². The summed E-state index contributed by atoms with van der Waals surface area (Å²) in [6.07, 6.45) is 7.09. The number of primary amides is 1. The third-order valence-electron chi connectivity index (χ3n) is 2.11. The normalized spacial score (nSPS) is 20.7. The number of carbonyl (C=O) groups excluding carboxylic acids is 1. The van der Waals surface area contributed by atoms with E-state index in [0.717, 1.165) is 12.8 Å². The molecule has 0 fully saturated rings. The lowest BCUT2D eigenvalue weighted by Gasteiger charge is -2.15. The molecule has 0 radical (unpaired) electrons. The standard InChI is InChI=1S/C8H12N6O/c9-7(15)8-10-5-14(13-8)6-3-1-2-4-11-12-6/h2,4-6,11-12H,1,3H2,(H2,9,15). The fourth-order valence-electron chi connectivity index (χ4n) is 1.35. The first-order valence-electron chi connectivity index (χ1n) is 4.64. The Morgan fingerprint density at radius 2 is 2.53 bits per heavy atom. The Labute approximate surface area is 86.3 Å². The van der Waals surface area contributed by atoms with Crippen molar-refractivity contribution in [1.29, 1.82) is 0 Å². The summed E-state index contributed by atoms with van der Waals surface area (Å²) in [6, 6.07) is 0. The highest BCUT2D eigenvalue weighted by atomic mass is 16.1. The van der Waals surface area contributed by atoms with E-state index >= 15 is 0 Å². The molecule has 1 unspecified atom stereocenters. The van der Waals surface area contributed by atoms with E-state index in [4.69, 9.17) is 5.73 Å². The number of hydrogen-bond acceptors (Lipinski definition) is 5. The van der Waals surface area contributed by atoms with Crippen molar-refractivity contribution in [1.82, 2.24) is 25.6 Å². The molecule has 1 atom stereocenters. The van der Waals surface area contributed by atoms with Crippen molar-refractivity contribution in [3.63, 3.8) is 0 Å². The summed E-state index contributed by atoms with van der Waals surface area (Å²) in [4.78, 5) is 14.6. The topological polar surface area (TPSA) is 97.9 Å². The maximum atomic E-state index is 10.8. The fraction of sp³-hybridized carbons (Fsp3) is 0.375. The number of nitrogens with two attached hydrogens (primary N) is 1. The number of hydrazine groups is 1. The Balaban J connectivity index is 2.11. The van der Waals surface area contributed by atoms with Crippen LogP contribution in [0.15, 0.2) is 18.6 Å². The summed E-state index contributed by atoms with van der Waals surface area (Å²) in [6.45, 7) is 0. The first kappa shape index (κ1) is 9.66. The summed E-state index contributed by atoms with van der Waals surface area (Å²) in [5.41, 5.74) is 11.0. The molecule has 1 aromatic heterocycles. The van der Waals surface area contributed by atoms with Crippen molar-refractivity contribution in [2.24, 2.45) is 5.73 Å². The number of hydrogen-bond donors (Lipinski definition) is 3. The van der Waals surface area contributed by atoms with Crippen LogP contribution in [0.5, 0.6) is 0 Å². The largest absolute Gasteiger partial charge is 0.363 e. The van der Waals surface area contributed by atoms with Crippen LogP contribution in [0.3, 0.4) is 0 Å². The molecule has 0 aromatic carbocycles. The zero-order valence-corrected chi connectivity index (χ0v) is 8.05. The van der Waals surface area contributed by atoms with Gasteiger partial charge in [0, 0.05) is 6.20 Å². The third-order valence-corrected chi connectivity index (χ3v) is 2.11. The van der Waals surface area contributed by atoms with Gasteiger partial charge in [-0.15, -0.1) is 5.10 Å². The second-order valence-corrected chi connectivity index (χ2v) is 3.20. The fourth-order valence-corrected chi connectivity index (χ4v) is 1.35. The highest BCUT2D eigenvalue weighted by Crippen LogP contribution is 2.10. The van der Waals surface area contributed by atoms with Crippen molar-refractivity contribution in [3.05, 3.63) is 24.4 Å². The maximum Gasteiger partial charge on any atom is 0.288 e. The van der Waals surface area contributed by atoms with Gasteiger partial charge in [0.1, 0.15) is 12.5 Å². The first-order chi connectivity index (χ1) is 7.27. The Morgan fingerprint density at radius 3 is 3.27 bits per heavy atom. The molecule has 1 aliphatic heterocycles. The number of nitrogens with one attached hydrogen (secondary N) is 2. The van der Waals surface area contributed by atoms with Crippen molar-refractivity contribution in [2.75, 3.05) is 0 Å². The number of aromatic nitrogens is 3. The molecule has 4 N–H and O–H groups in total. The van der Waals surface area contributed by atoms with Crippen LogP contribution in [0.2, 0.25) is 0 Å². The zero-order valence-electron chi connectivity index (χ0n) is 8.05. The van der Waals surface area contributed by atoms with Crippen molar-refractivity contribution >= 4 is 5.91 Å². The van der Waals surface area contributed by atoms with Gasteiger partial charge in [-0.3, -0.25) is 4.79 Å². The second kappa shape index (κ2) is 4.09. The predicted molar refractivity (Wildman–Crippen MR) is 52.2 cm³/mol. The van der Waals surface area contributed by atoms with Crippen molar-refractivity contribution < 1.29 is 4.79 Å². The van der Waals surface area contributed by atoms with Crippen LogP contribution in [0.1, 0.15) is 29.6 Å². The average molecular weight is 208 g/mol. The van der Waals surface area contributed by atoms with E-state index in [0.29, 0.717) is 0 Å². The van der Waals surface area contributed by atoms with E-state index < -0.39 is 5.91 Å². The van der Waals surface area contributed by atoms with E-state index in [1.54, 1.807) is 4.68 Å². The van der Waals surface area contributed by atoms with Gasteiger partial charge in [0.2, 0.25) is 5.82 Å². The van der Waals surface area contributed by atoms with Gasteiger partial charge in [-0.1, -0.05) is 6.08 Å². The van der Waals surface area contributed by atoms with E-state index in [9.17, 15) is 4.79 Å². The Morgan fingerprint density at radius 1 is 1.67 bits per heavy atom. The Hall–Kier alpha value is -1.89. The zero-order chi connectivity index (χ0) is 10.7. The van der Waals surface area contributed by atoms with E-state index in [1.165, 1.54) is 6.33 Å². The molecule has 1 aliphatic rings. The molecule has 2 heterocycles. The lowest BCUT2D eigenvalue weighted by atomic mass is 10.2.